The Morgan fingerprint density at radius 2 is 1.92 bits per heavy atom. The van der Waals surface area contributed by atoms with Gasteiger partial charge in [-0.05, 0) is 31.9 Å². The first-order valence-electron chi connectivity index (χ1n) is 4.43. The summed E-state index contributed by atoms with van der Waals surface area (Å²) >= 11 is 0. The van der Waals surface area contributed by atoms with E-state index in [0.717, 1.165) is 18.6 Å². The normalized spacial score (nSPS) is 18.2. The molecule has 0 atom stereocenters. The molecule has 0 aromatic heterocycles. The van der Waals surface area contributed by atoms with Gasteiger partial charge in [-0.2, -0.15) is 0 Å². The van der Waals surface area contributed by atoms with Gasteiger partial charge in [0.15, 0.2) is 0 Å². The van der Waals surface area contributed by atoms with E-state index >= 15 is 0 Å². The summed E-state index contributed by atoms with van der Waals surface area (Å²) in [6, 6.07) is 5.41. The summed E-state index contributed by atoms with van der Waals surface area (Å²) in [4.78, 5) is 0. The molecule has 13 heavy (non-hydrogen) atoms. The maximum atomic E-state index is 5.71. The smallest absolute Gasteiger partial charge is 0.122 e. The van der Waals surface area contributed by atoms with Crippen LogP contribution in [0.3, 0.4) is 0 Å². The molecule has 3 heteroatoms. The van der Waals surface area contributed by atoms with Crippen LogP contribution in [-0.4, -0.2) is 5.60 Å². The molecule has 0 unspecified atom stereocenters. The van der Waals surface area contributed by atoms with Crippen molar-refractivity contribution in [2.45, 2.75) is 25.4 Å². The molecule has 0 heterocycles. The molecule has 0 amide bonds. The number of ether oxygens (including phenoxy) is 1. The molecule has 1 aliphatic carbocycles. The van der Waals surface area contributed by atoms with Crippen molar-refractivity contribution >= 4 is 11.4 Å². The summed E-state index contributed by atoms with van der Waals surface area (Å²) in [5.41, 5.74) is 12.5. The summed E-state index contributed by atoms with van der Waals surface area (Å²) < 4.78 is 5.71. The number of hydrogen-bond acceptors (Lipinski definition) is 3. The Balaban J connectivity index is 2.17. The van der Waals surface area contributed by atoms with E-state index in [1.807, 2.05) is 6.07 Å². The van der Waals surface area contributed by atoms with Crippen LogP contribution in [0, 0.1) is 0 Å². The fraction of sp³-hybridized carbons (Fsp3) is 0.400. The third-order valence-electron chi connectivity index (χ3n) is 2.38. The molecule has 0 spiro atoms. The van der Waals surface area contributed by atoms with Gasteiger partial charge in [-0.15, -0.1) is 0 Å². The maximum Gasteiger partial charge on any atom is 0.122 e. The van der Waals surface area contributed by atoms with Crippen molar-refractivity contribution in [2.75, 3.05) is 11.5 Å². The second-order valence-electron chi connectivity index (χ2n) is 3.84. The lowest BCUT2D eigenvalue weighted by molar-refractivity contribution is 0.200. The van der Waals surface area contributed by atoms with Gasteiger partial charge in [0.1, 0.15) is 11.4 Å². The van der Waals surface area contributed by atoms with Gasteiger partial charge in [0, 0.05) is 6.07 Å². The minimum atomic E-state index is 0.0442. The van der Waals surface area contributed by atoms with E-state index in [4.69, 9.17) is 16.2 Å². The van der Waals surface area contributed by atoms with Gasteiger partial charge in [0.25, 0.3) is 0 Å². The molecule has 1 saturated carbocycles. The zero-order chi connectivity index (χ0) is 9.47. The third-order valence-corrected chi connectivity index (χ3v) is 2.38. The zero-order valence-electron chi connectivity index (χ0n) is 7.71. The number of hydrogen-bond donors (Lipinski definition) is 2. The van der Waals surface area contributed by atoms with Crippen LogP contribution in [0.2, 0.25) is 0 Å². The fourth-order valence-corrected chi connectivity index (χ4v) is 1.18. The van der Waals surface area contributed by atoms with Crippen LogP contribution in [0.5, 0.6) is 5.75 Å². The first kappa shape index (κ1) is 8.23. The van der Waals surface area contributed by atoms with Crippen molar-refractivity contribution in [2.24, 2.45) is 0 Å². The molecule has 4 N–H and O–H groups in total. The van der Waals surface area contributed by atoms with Crippen molar-refractivity contribution in [3.63, 3.8) is 0 Å². The maximum absolute atomic E-state index is 5.71. The van der Waals surface area contributed by atoms with E-state index in [0.29, 0.717) is 11.4 Å². The molecule has 0 radical (unpaired) electrons. The Bertz CT molecular complexity index is 332. The van der Waals surface area contributed by atoms with E-state index in [1.54, 1.807) is 12.1 Å². The van der Waals surface area contributed by atoms with Gasteiger partial charge in [0.2, 0.25) is 0 Å². The number of anilines is 2. The molecule has 1 aliphatic rings. The number of nitrogens with two attached hydrogens (primary N) is 2. The van der Waals surface area contributed by atoms with Crippen molar-refractivity contribution in [1.29, 1.82) is 0 Å². The second kappa shape index (κ2) is 2.55. The standard InChI is InChI=1S/C10H14N2O/c1-10(4-5-10)13-7-2-3-8(11)9(12)6-7/h2-3,6H,4-5,11-12H2,1H3. The summed E-state index contributed by atoms with van der Waals surface area (Å²) in [5.74, 6) is 0.812. The second-order valence-corrected chi connectivity index (χ2v) is 3.84. The Kier molecular flexibility index (Phi) is 1.62. The number of nitrogen functional groups attached to an aromatic ring is 2. The Morgan fingerprint density at radius 1 is 1.23 bits per heavy atom. The van der Waals surface area contributed by atoms with Gasteiger partial charge in [-0.25, -0.2) is 0 Å². The fourth-order valence-electron chi connectivity index (χ4n) is 1.18. The molecule has 0 aliphatic heterocycles. The van der Waals surface area contributed by atoms with Crippen molar-refractivity contribution in [3.8, 4) is 5.75 Å². The summed E-state index contributed by atoms with van der Waals surface area (Å²) in [6.45, 7) is 2.10. The lowest BCUT2D eigenvalue weighted by Crippen LogP contribution is -2.12. The van der Waals surface area contributed by atoms with E-state index in [1.165, 1.54) is 0 Å². The lowest BCUT2D eigenvalue weighted by Gasteiger charge is -2.13. The SMILES string of the molecule is CC1(Oc2ccc(N)c(N)c2)CC1. The highest BCUT2D eigenvalue weighted by Gasteiger charge is 2.40. The molecular formula is C10H14N2O. The van der Waals surface area contributed by atoms with Gasteiger partial charge in [-0.1, -0.05) is 0 Å². The van der Waals surface area contributed by atoms with Crippen LogP contribution in [-0.2, 0) is 0 Å². The number of benzene rings is 1. The highest BCUT2D eigenvalue weighted by molar-refractivity contribution is 5.65. The van der Waals surface area contributed by atoms with Crippen molar-refractivity contribution in [3.05, 3.63) is 18.2 Å². The molecule has 70 valence electrons. The molecule has 0 saturated heterocycles. The highest BCUT2D eigenvalue weighted by atomic mass is 16.5. The zero-order valence-corrected chi connectivity index (χ0v) is 7.71. The first-order chi connectivity index (χ1) is 6.09. The highest BCUT2D eigenvalue weighted by Crippen LogP contribution is 2.40. The van der Waals surface area contributed by atoms with Crippen LogP contribution >= 0.6 is 0 Å². The van der Waals surface area contributed by atoms with E-state index in [-0.39, 0.29) is 5.60 Å². The molecule has 0 bridgehead atoms. The molecule has 2 rings (SSSR count). The first-order valence-corrected chi connectivity index (χ1v) is 4.43. The molecule has 3 nitrogen and oxygen atoms in total. The number of rotatable bonds is 2. The molecular weight excluding hydrogens is 164 g/mol. The Morgan fingerprint density at radius 3 is 2.46 bits per heavy atom. The predicted octanol–water partition coefficient (Wildman–Crippen LogP) is 1.78. The minimum absolute atomic E-state index is 0.0442. The summed E-state index contributed by atoms with van der Waals surface area (Å²) in [6.07, 6.45) is 2.24. The van der Waals surface area contributed by atoms with E-state index in [9.17, 15) is 0 Å². The molecule has 1 fully saturated rings. The average molecular weight is 178 g/mol. The van der Waals surface area contributed by atoms with Crippen molar-refractivity contribution in [1.82, 2.24) is 0 Å². The average Bonchev–Trinajstić information content (AvgIpc) is 2.76. The van der Waals surface area contributed by atoms with Gasteiger partial charge >= 0.3 is 0 Å². The summed E-state index contributed by atoms with van der Waals surface area (Å²) in [7, 11) is 0. The summed E-state index contributed by atoms with van der Waals surface area (Å²) in [5, 5.41) is 0. The third kappa shape index (κ3) is 1.69. The molecule has 1 aromatic rings. The minimum Gasteiger partial charge on any atom is -0.487 e. The van der Waals surface area contributed by atoms with Crippen molar-refractivity contribution < 1.29 is 4.74 Å². The Hall–Kier alpha value is -1.38. The van der Waals surface area contributed by atoms with E-state index < -0.39 is 0 Å². The topological polar surface area (TPSA) is 61.3 Å². The molecule has 1 aromatic carbocycles. The van der Waals surface area contributed by atoms with Crippen LogP contribution < -0.4 is 16.2 Å². The van der Waals surface area contributed by atoms with Crippen LogP contribution in [0.1, 0.15) is 19.8 Å². The Labute approximate surface area is 77.7 Å². The van der Waals surface area contributed by atoms with Crippen LogP contribution in [0.25, 0.3) is 0 Å². The predicted molar refractivity (Wildman–Crippen MR) is 53.5 cm³/mol. The lowest BCUT2D eigenvalue weighted by atomic mass is 10.2. The van der Waals surface area contributed by atoms with Crippen LogP contribution in [0.15, 0.2) is 18.2 Å². The largest absolute Gasteiger partial charge is 0.487 e. The van der Waals surface area contributed by atoms with Gasteiger partial charge in [0.05, 0.1) is 11.4 Å². The van der Waals surface area contributed by atoms with E-state index in [2.05, 4.69) is 6.92 Å². The van der Waals surface area contributed by atoms with Gasteiger partial charge in [-0.3, -0.25) is 0 Å². The van der Waals surface area contributed by atoms with Crippen LogP contribution in [0.4, 0.5) is 11.4 Å². The quantitative estimate of drug-likeness (QED) is 0.678. The van der Waals surface area contributed by atoms with Gasteiger partial charge < -0.3 is 16.2 Å². The monoisotopic (exact) mass is 178 g/mol.